The smallest absolute Gasteiger partial charge is 0.0639 e. The van der Waals surface area contributed by atoms with Crippen molar-refractivity contribution in [2.24, 2.45) is 9.98 Å². The molecule has 0 amide bonds. The predicted octanol–water partition coefficient (Wildman–Crippen LogP) is 11.0. The van der Waals surface area contributed by atoms with Gasteiger partial charge in [0.1, 0.15) is 0 Å². The van der Waals surface area contributed by atoms with Gasteiger partial charge < -0.3 is 0 Å². The zero-order valence-electron chi connectivity index (χ0n) is 24.6. The molecule has 37 heavy (non-hydrogen) atoms. The maximum Gasteiger partial charge on any atom is 0.0639 e. The zero-order valence-corrected chi connectivity index (χ0v) is 25.6. The third-order valence-corrected chi connectivity index (χ3v) is 7.06. The molecule has 3 heteroatoms. The number of hydrogen-bond donors (Lipinski definition) is 0. The van der Waals surface area contributed by atoms with Gasteiger partial charge in [-0.3, -0.25) is 9.98 Å². The van der Waals surface area contributed by atoms with Gasteiger partial charge in [-0.2, -0.15) is 0 Å². The summed E-state index contributed by atoms with van der Waals surface area (Å²) in [5, 5.41) is 0. The van der Waals surface area contributed by atoms with E-state index in [4.69, 9.17) is 9.98 Å². The molecular formula is C34H52N2Ni. The van der Waals surface area contributed by atoms with Crippen LogP contribution in [-0.2, 0) is 29.3 Å². The van der Waals surface area contributed by atoms with E-state index in [0.29, 0.717) is 0 Å². The van der Waals surface area contributed by atoms with E-state index in [2.05, 4.69) is 77.9 Å². The second kappa shape index (κ2) is 19.4. The van der Waals surface area contributed by atoms with Gasteiger partial charge >= 0.3 is 0 Å². The second-order valence-corrected chi connectivity index (χ2v) is 10.5. The molecule has 0 heterocycles. The van der Waals surface area contributed by atoms with Crippen molar-refractivity contribution < 1.29 is 16.5 Å². The molecule has 0 saturated carbocycles. The fourth-order valence-corrected chi connectivity index (χ4v) is 4.58. The Morgan fingerprint density at radius 2 is 1.03 bits per heavy atom. The number of unbranched alkanes of at least 4 members (excludes halogenated alkanes) is 6. The van der Waals surface area contributed by atoms with Gasteiger partial charge in [-0.25, -0.2) is 0 Å². The quantitative estimate of drug-likeness (QED) is 0.107. The summed E-state index contributed by atoms with van der Waals surface area (Å²) in [5.74, 6) is 0. The van der Waals surface area contributed by atoms with Crippen LogP contribution in [0.3, 0.4) is 0 Å². The van der Waals surface area contributed by atoms with Crippen LogP contribution in [0.1, 0.15) is 127 Å². The SMILES string of the molecule is CCCCCc1cc(CCCCC)cc(N=C(CCCC)C(CCCC)=Nc2ccc(C)c(C)c2)c1.[Ni]. The van der Waals surface area contributed by atoms with E-state index < -0.39 is 0 Å². The molecule has 0 atom stereocenters. The number of hydrogen-bond acceptors (Lipinski definition) is 2. The summed E-state index contributed by atoms with van der Waals surface area (Å²) in [5.41, 5.74) is 10.1. The monoisotopic (exact) mass is 546 g/mol. The van der Waals surface area contributed by atoms with Gasteiger partial charge in [0.15, 0.2) is 0 Å². The summed E-state index contributed by atoms with van der Waals surface area (Å²) < 4.78 is 0. The molecule has 0 aliphatic rings. The summed E-state index contributed by atoms with van der Waals surface area (Å²) in [7, 11) is 0. The van der Waals surface area contributed by atoms with E-state index >= 15 is 0 Å². The van der Waals surface area contributed by atoms with Gasteiger partial charge in [0.2, 0.25) is 0 Å². The Hall–Kier alpha value is -1.73. The topological polar surface area (TPSA) is 24.7 Å². The zero-order chi connectivity index (χ0) is 26.2. The molecule has 2 aromatic carbocycles. The van der Waals surface area contributed by atoms with Crippen molar-refractivity contribution in [1.82, 2.24) is 0 Å². The molecule has 2 rings (SSSR count). The van der Waals surface area contributed by atoms with Gasteiger partial charge in [0.25, 0.3) is 0 Å². The average molecular weight is 547 g/mol. The van der Waals surface area contributed by atoms with Crippen LogP contribution in [0.5, 0.6) is 0 Å². The van der Waals surface area contributed by atoms with E-state index in [0.717, 1.165) is 49.9 Å². The van der Waals surface area contributed by atoms with Gasteiger partial charge in [-0.1, -0.05) is 78.4 Å². The molecule has 0 fully saturated rings. The molecule has 0 aliphatic carbocycles. The third kappa shape index (κ3) is 12.6. The molecule has 208 valence electrons. The van der Waals surface area contributed by atoms with Crippen LogP contribution in [0.2, 0.25) is 0 Å². The summed E-state index contributed by atoms with van der Waals surface area (Å²) in [6.45, 7) is 13.4. The first-order valence-electron chi connectivity index (χ1n) is 14.9. The normalized spacial score (nSPS) is 12.1. The van der Waals surface area contributed by atoms with E-state index in [9.17, 15) is 0 Å². The van der Waals surface area contributed by atoms with Crippen molar-refractivity contribution in [1.29, 1.82) is 0 Å². The summed E-state index contributed by atoms with van der Waals surface area (Å²) >= 11 is 0. The summed E-state index contributed by atoms with van der Waals surface area (Å²) in [6.07, 6.45) is 16.6. The molecule has 0 aromatic heterocycles. The first-order valence-corrected chi connectivity index (χ1v) is 14.9. The summed E-state index contributed by atoms with van der Waals surface area (Å²) in [4.78, 5) is 10.5. The van der Waals surface area contributed by atoms with E-state index in [1.165, 1.54) is 85.0 Å². The van der Waals surface area contributed by atoms with Crippen LogP contribution in [0, 0.1) is 13.8 Å². The Balaban J connectivity index is 0.00000684. The third-order valence-electron chi connectivity index (χ3n) is 7.06. The molecule has 0 radical (unpaired) electrons. The number of aryl methyl sites for hydroxylation is 4. The number of nitrogens with zero attached hydrogens (tertiary/aromatic N) is 2. The molecule has 2 aromatic rings. The predicted molar refractivity (Wildman–Crippen MR) is 162 cm³/mol. The maximum absolute atomic E-state index is 5.35. The van der Waals surface area contributed by atoms with Gasteiger partial charge in [0.05, 0.1) is 22.8 Å². The minimum Gasteiger partial charge on any atom is -0.252 e. The maximum atomic E-state index is 5.35. The van der Waals surface area contributed by atoms with Crippen molar-refractivity contribution in [2.45, 2.75) is 131 Å². The average Bonchev–Trinajstić information content (AvgIpc) is 2.87. The molecule has 2 nitrogen and oxygen atoms in total. The van der Waals surface area contributed by atoms with Crippen LogP contribution in [0.15, 0.2) is 46.4 Å². The first-order chi connectivity index (χ1) is 17.5. The number of benzene rings is 2. The Morgan fingerprint density at radius 1 is 0.541 bits per heavy atom. The first kappa shape index (κ1) is 33.3. The van der Waals surface area contributed by atoms with Crippen LogP contribution in [0.4, 0.5) is 11.4 Å². The molecule has 0 bridgehead atoms. The van der Waals surface area contributed by atoms with E-state index in [1.54, 1.807) is 0 Å². The minimum atomic E-state index is 0. The van der Waals surface area contributed by atoms with Crippen LogP contribution in [0.25, 0.3) is 0 Å². The van der Waals surface area contributed by atoms with Crippen molar-refractivity contribution in [3.8, 4) is 0 Å². The van der Waals surface area contributed by atoms with Crippen molar-refractivity contribution in [3.05, 3.63) is 58.7 Å². The van der Waals surface area contributed by atoms with Gasteiger partial charge in [-0.05, 0) is 112 Å². The fraction of sp³-hybridized carbons (Fsp3) is 0.588. The molecule has 0 unspecified atom stereocenters. The Morgan fingerprint density at radius 3 is 1.49 bits per heavy atom. The van der Waals surface area contributed by atoms with Gasteiger partial charge in [-0.15, -0.1) is 0 Å². The Bertz CT molecular complexity index is 946. The van der Waals surface area contributed by atoms with E-state index in [-0.39, 0.29) is 16.5 Å². The molecule has 0 aliphatic heterocycles. The van der Waals surface area contributed by atoms with Crippen molar-refractivity contribution in [3.63, 3.8) is 0 Å². The fourth-order valence-electron chi connectivity index (χ4n) is 4.58. The van der Waals surface area contributed by atoms with Crippen molar-refractivity contribution >= 4 is 22.8 Å². The summed E-state index contributed by atoms with van der Waals surface area (Å²) in [6, 6.07) is 13.7. The molecule has 0 saturated heterocycles. The molecule has 0 N–H and O–H groups in total. The molecule has 0 spiro atoms. The van der Waals surface area contributed by atoms with Crippen LogP contribution in [-0.4, -0.2) is 11.4 Å². The van der Waals surface area contributed by atoms with Crippen LogP contribution < -0.4 is 0 Å². The van der Waals surface area contributed by atoms with Crippen LogP contribution >= 0.6 is 0 Å². The van der Waals surface area contributed by atoms with Gasteiger partial charge in [0, 0.05) is 16.5 Å². The Kier molecular flexibility index (Phi) is 17.4. The van der Waals surface area contributed by atoms with Crippen molar-refractivity contribution in [2.75, 3.05) is 0 Å². The second-order valence-electron chi connectivity index (χ2n) is 10.5. The number of aliphatic imine (C=N–C) groups is 2. The largest absolute Gasteiger partial charge is 0.252 e. The number of rotatable bonds is 17. The minimum absolute atomic E-state index is 0. The standard InChI is InChI=1S/C34H52N2.Ni/c1-7-11-15-17-29-24-30(18-16-12-8-2)26-32(25-29)36-34(20-14-10-4)33(19-13-9-3)35-31-22-21-27(5)28(6)23-31;/h21-26H,7-20H2,1-6H3;. The molecular weight excluding hydrogens is 495 g/mol. The Labute approximate surface area is 238 Å². The van der Waals surface area contributed by atoms with E-state index in [1.807, 2.05) is 0 Å².